The first-order valence-electron chi connectivity index (χ1n) is 4.87. The van der Waals surface area contributed by atoms with E-state index >= 15 is 0 Å². The van der Waals surface area contributed by atoms with Crippen LogP contribution in [0.4, 0.5) is 0 Å². The van der Waals surface area contributed by atoms with Crippen molar-refractivity contribution in [3.05, 3.63) is 0 Å². The highest BCUT2D eigenvalue weighted by Crippen LogP contribution is 2.22. The largest absolute Gasteiger partial charge is 0.286 e. The van der Waals surface area contributed by atoms with Crippen molar-refractivity contribution in [1.29, 1.82) is 5.26 Å². The van der Waals surface area contributed by atoms with Crippen LogP contribution in [0.5, 0.6) is 0 Å². The molecule has 0 aliphatic rings. The molecule has 0 N–H and O–H groups in total. The first-order chi connectivity index (χ1) is 5.70. The van der Waals surface area contributed by atoms with E-state index in [-0.39, 0.29) is 5.54 Å². The second-order valence-corrected chi connectivity index (χ2v) is 3.02. The van der Waals surface area contributed by atoms with Gasteiger partial charge in [-0.15, -0.1) is 0 Å². The third-order valence-corrected chi connectivity index (χ3v) is 2.75. The van der Waals surface area contributed by atoms with Crippen molar-refractivity contribution in [3.8, 4) is 6.07 Å². The van der Waals surface area contributed by atoms with Crippen LogP contribution < -0.4 is 0 Å². The Morgan fingerprint density at radius 1 is 1.08 bits per heavy atom. The predicted molar refractivity (Wildman–Crippen MR) is 51.8 cm³/mol. The van der Waals surface area contributed by atoms with Crippen LogP contribution in [0, 0.1) is 11.3 Å². The minimum atomic E-state index is -0.219. The topological polar surface area (TPSA) is 27.0 Å². The lowest BCUT2D eigenvalue weighted by atomic mass is 9.92. The zero-order valence-electron chi connectivity index (χ0n) is 8.72. The second-order valence-electron chi connectivity index (χ2n) is 3.02. The summed E-state index contributed by atoms with van der Waals surface area (Å²) in [7, 11) is 0. The summed E-state index contributed by atoms with van der Waals surface area (Å²) in [5.74, 6) is 0. The lowest BCUT2D eigenvalue weighted by Crippen LogP contribution is -2.46. The van der Waals surface area contributed by atoms with Gasteiger partial charge in [0.05, 0.1) is 6.07 Å². The van der Waals surface area contributed by atoms with Crippen LogP contribution in [0.3, 0.4) is 0 Å². The normalized spacial score (nSPS) is 11.7. The lowest BCUT2D eigenvalue weighted by Gasteiger charge is -2.36. The van der Waals surface area contributed by atoms with Crippen molar-refractivity contribution in [2.45, 2.75) is 46.1 Å². The molecule has 0 aromatic rings. The minimum Gasteiger partial charge on any atom is -0.286 e. The fourth-order valence-corrected chi connectivity index (χ4v) is 1.75. The number of nitrogens with zero attached hydrogens (tertiary/aromatic N) is 2. The van der Waals surface area contributed by atoms with Gasteiger partial charge in [-0.25, -0.2) is 0 Å². The molecule has 0 aromatic heterocycles. The van der Waals surface area contributed by atoms with Crippen molar-refractivity contribution < 1.29 is 0 Å². The van der Waals surface area contributed by atoms with E-state index in [0.29, 0.717) is 0 Å². The molecule has 0 rings (SSSR count). The molecule has 2 nitrogen and oxygen atoms in total. The Kier molecular flexibility index (Phi) is 4.92. The molecule has 70 valence electrons. The van der Waals surface area contributed by atoms with Gasteiger partial charge in [-0.2, -0.15) is 5.26 Å². The lowest BCUT2D eigenvalue weighted by molar-refractivity contribution is 0.142. The molecule has 0 aliphatic heterocycles. The summed E-state index contributed by atoms with van der Waals surface area (Å²) < 4.78 is 0. The van der Waals surface area contributed by atoms with E-state index in [2.05, 4.69) is 38.7 Å². The third kappa shape index (κ3) is 1.98. The molecule has 0 unspecified atom stereocenters. The summed E-state index contributed by atoms with van der Waals surface area (Å²) in [5, 5.41) is 9.12. The molecule has 12 heavy (non-hydrogen) atoms. The van der Waals surface area contributed by atoms with E-state index < -0.39 is 0 Å². The standard InChI is InChI=1S/C10H20N2/c1-5-10(6-2,9-11)12(7-3)8-4/h5-8H2,1-4H3. The van der Waals surface area contributed by atoms with Gasteiger partial charge < -0.3 is 0 Å². The fourth-order valence-electron chi connectivity index (χ4n) is 1.75. The molecule has 0 bridgehead atoms. The quantitative estimate of drug-likeness (QED) is 0.630. The summed E-state index contributed by atoms with van der Waals surface area (Å²) in [5.41, 5.74) is -0.219. The highest BCUT2D eigenvalue weighted by molar-refractivity contribution is 5.06. The number of hydrogen-bond acceptors (Lipinski definition) is 2. The highest BCUT2D eigenvalue weighted by Gasteiger charge is 2.30. The van der Waals surface area contributed by atoms with Crippen molar-refractivity contribution in [3.63, 3.8) is 0 Å². The van der Waals surface area contributed by atoms with E-state index in [4.69, 9.17) is 5.26 Å². The molecule has 0 radical (unpaired) electrons. The maximum atomic E-state index is 9.12. The van der Waals surface area contributed by atoms with Gasteiger partial charge >= 0.3 is 0 Å². The van der Waals surface area contributed by atoms with Gasteiger partial charge in [-0.05, 0) is 25.9 Å². The van der Waals surface area contributed by atoms with Crippen molar-refractivity contribution in [2.75, 3.05) is 13.1 Å². The fraction of sp³-hybridized carbons (Fsp3) is 0.900. The van der Waals surface area contributed by atoms with Crippen LogP contribution in [0.1, 0.15) is 40.5 Å². The Hall–Kier alpha value is -0.550. The van der Waals surface area contributed by atoms with Gasteiger partial charge in [0, 0.05) is 0 Å². The van der Waals surface area contributed by atoms with Gasteiger partial charge in [0.2, 0.25) is 0 Å². The van der Waals surface area contributed by atoms with Crippen molar-refractivity contribution in [1.82, 2.24) is 4.90 Å². The van der Waals surface area contributed by atoms with Gasteiger partial charge in [0.15, 0.2) is 0 Å². The first kappa shape index (κ1) is 11.4. The summed E-state index contributed by atoms with van der Waals surface area (Å²) in [6.45, 7) is 10.3. The second kappa shape index (κ2) is 5.16. The van der Waals surface area contributed by atoms with Crippen LogP contribution in [-0.4, -0.2) is 23.5 Å². The number of hydrogen-bond donors (Lipinski definition) is 0. The van der Waals surface area contributed by atoms with Crippen molar-refractivity contribution >= 4 is 0 Å². The zero-order valence-corrected chi connectivity index (χ0v) is 8.72. The molecule has 0 heterocycles. The van der Waals surface area contributed by atoms with E-state index in [1.807, 2.05) is 0 Å². The predicted octanol–water partition coefficient (Wildman–Crippen LogP) is 2.41. The van der Waals surface area contributed by atoms with E-state index in [0.717, 1.165) is 25.9 Å². The summed E-state index contributed by atoms with van der Waals surface area (Å²) in [6, 6.07) is 2.44. The van der Waals surface area contributed by atoms with E-state index in [1.54, 1.807) is 0 Å². The average molecular weight is 168 g/mol. The maximum absolute atomic E-state index is 9.12. The molecular formula is C10H20N2. The molecule has 0 aliphatic carbocycles. The molecule has 2 heteroatoms. The molecule has 0 amide bonds. The van der Waals surface area contributed by atoms with Gasteiger partial charge in [0.1, 0.15) is 5.54 Å². The Morgan fingerprint density at radius 2 is 1.50 bits per heavy atom. The third-order valence-electron chi connectivity index (χ3n) is 2.75. The Balaban J connectivity index is 4.57. The molecule has 0 saturated carbocycles. The van der Waals surface area contributed by atoms with Crippen LogP contribution in [-0.2, 0) is 0 Å². The monoisotopic (exact) mass is 168 g/mol. The van der Waals surface area contributed by atoms with Gasteiger partial charge in [-0.3, -0.25) is 4.90 Å². The maximum Gasteiger partial charge on any atom is 0.108 e. The van der Waals surface area contributed by atoms with E-state index in [9.17, 15) is 0 Å². The van der Waals surface area contributed by atoms with Crippen LogP contribution >= 0.6 is 0 Å². The van der Waals surface area contributed by atoms with Gasteiger partial charge in [0.25, 0.3) is 0 Å². The first-order valence-corrected chi connectivity index (χ1v) is 4.87. The molecule has 0 atom stereocenters. The summed E-state index contributed by atoms with van der Waals surface area (Å²) in [4.78, 5) is 2.24. The Labute approximate surface area is 76.2 Å². The molecule has 0 fully saturated rings. The zero-order chi connectivity index (χ0) is 9.61. The molecule has 0 spiro atoms. The summed E-state index contributed by atoms with van der Waals surface area (Å²) in [6.07, 6.45) is 1.84. The molecular weight excluding hydrogens is 148 g/mol. The van der Waals surface area contributed by atoms with Crippen LogP contribution in [0.15, 0.2) is 0 Å². The Morgan fingerprint density at radius 3 is 1.58 bits per heavy atom. The van der Waals surface area contributed by atoms with Crippen LogP contribution in [0.25, 0.3) is 0 Å². The van der Waals surface area contributed by atoms with Crippen LogP contribution in [0.2, 0.25) is 0 Å². The number of nitriles is 1. The van der Waals surface area contributed by atoms with Crippen molar-refractivity contribution in [2.24, 2.45) is 0 Å². The number of rotatable bonds is 5. The molecule has 0 saturated heterocycles. The SMILES string of the molecule is CCN(CC)C(C#N)(CC)CC. The van der Waals surface area contributed by atoms with E-state index in [1.165, 1.54) is 0 Å². The minimum absolute atomic E-state index is 0.219. The highest BCUT2D eigenvalue weighted by atomic mass is 15.2. The summed E-state index contributed by atoms with van der Waals surface area (Å²) >= 11 is 0. The smallest absolute Gasteiger partial charge is 0.108 e. The molecule has 0 aromatic carbocycles. The van der Waals surface area contributed by atoms with Gasteiger partial charge in [-0.1, -0.05) is 27.7 Å². The average Bonchev–Trinajstić information content (AvgIpc) is 2.14. The Bertz CT molecular complexity index is 150.